The van der Waals surface area contributed by atoms with Crippen LogP contribution in [0, 0.1) is 16.7 Å². The Morgan fingerprint density at radius 2 is 2.15 bits per heavy atom. The monoisotopic (exact) mass is 282 g/mol. The Bertz CT molecular complexity index is 292. The number of ether oxygens (including phenoxy) is 1. The van der Waals surface area contributed by atoms with Crippen molar-refractivity contribution in [3.8, 4) is 0 Å². The first kappa shape index (κ1) is 16.3. The molecule has 2 aliphatic heterocycles. The van der Waals surface area contributed by atoms with Crippen LogP contribution >= 0.6 is 0 Å². The number of hydrogen-bond donors (Lipinski definition) is 1. The predicted octanol–water partition coefficient (Wildman–Crippen LogP) is 2.76. The second-order valence-corrected chi connectivity index (χ2v) is 8.02. The van der Waals surface area contributed by atoms with Crippen molar-refractivity contribution in [3.63, 3.8) is 0 Å². The molecule has 3 nitrogen and oxygen atoms in total. The van der Waals surface area contributed by atoms with Crippen molar-refractivity contribution in [2.24, 2.45) is 16.7 Å². The number of nitrogens with one attached hydrogen (secondary N) is 1. The third-order valence-corrected chi connectivity index (χ3v) is 5.21. The van der Waals surface area contributed by atoms with Gasteiger partial charge in [0.1, 0.15) is 0 Å². The van der Waals surface area contributed by atoms with E-state index in [2.05, 4.69) is 37.9 Å². The summed E-state index contributed by atoms with van der Waals surface area (Å²) in [6.45, 7) is 17.2. The van der Waals surface area contributed by atoms with Crippen LogP contribution in [0.2, 0.25) is 0 Å². The third-order valence-electron chi connectivity index (χ3n) is 5.21. The molecule has 3 heteroatoms. The Morgan fingerprint density at radius 3 is 2.70 bits per heavy atom. The second-order valence-electron chi connectivity index (χ2n) is 8.02. The molecule has 2 saturated heterocycles. The van der Waals surface area contributed by atoms with E-state index < -0.39 is 0 Å². The average Bonchev–Trinajstić information content (AvgIpc) is 2.86. The van der Waals surface area contributed by atoms with Crippen LogP contribution in [0.25, 0.3) is 0 Å². The molecule has 1 N–H and O–H groups in total. The van der Waals surface area contributed by atoms with Crippen molar-refractivity contribution in [1.29, 1.82) is 0 Å². The molecule has 0 saturated carbocycles. The minimum Gasteiger partial charge on any atom is -0.381 e. The van der Waals surface area contributed by atoms with Crippen molar-refractivity contribution in [3.05, 3.63) is 0 Å². The zero-order valence-electron chi connectivity index (χ0n) is 14.0. The first-order chi connectivity index (χ1) is 9.45. The lowest BCUT2D eigenvalue weighted by molar-refractivity contribution is -0.0238. The molecule has 0 aromatic carbocycles. The van der Waals surface area contributed by atoms with Crippen LogP contribution in [0.15, 0.2) is 0 Å². The summed E-state index contributed by atoms with van der Waals surface area (Å²) in [5.41, 5.74) is 0.799. The SMILES string of the molecule is CCNCC1(CN2CCC(C(C)(C)C)C2)CCCOC1. The van der Waals surface area contributed by atoms with E-state index in [4.69, 9.17) is 4.74 Å². The van der Waals surface area contributed by atoms with E-state index >= 15 is 0 Å². The summed E-state index contributed by atoms with van der Waals surface area (Å²) in [6, 6.07) is 0. The summed E-state index contributed by atoms with van der Waals surface area (Å²) in [5, 5.41) is 3.57. The molecule has 0 aliphatic carbocycles. The van der Waals surface area contributed by atoms with Gasteiger partial charge in [-0.3, -0.25) is 0 Å². The van der Waals surface area contributed by atoms with E-state index in [0.29, 0.717) is 10.8 Å². The number of likely N-dealkylation sites (tertiary alicyclic amines) is 1. The molecule has 0 amide bonds. The van der Waals surface area contributed by atoms with E-state index in [1.807, 2.05) is 0 Å². The number of rotatable bonds is 5. The van der Waals surface area contributed by atoms with Gasteiger partial charge in [-0.05, 0) is 43.7 Å². The van der Waals surface area contributed by atoms with Crippen molar-refractivity contribution < 1.29 is 4.74 Å². The summed E-state index contributed by atoms with van der Waals surface area (Å²) >= 11 is 0. The number of nitrogens with zero attached hydrogens (tertiary/aromatic N) is 1. The minimum atomic E-state index is 0.348. The van der Waals surface area contributed by atoms with E-state index in [9.17, 15) is 0 Å². The summed E-state index contributed by atoms with van der Waals surface area (Å²) in [5.74, 6) is 0.850. The molecule has 2 aliphatic rings. The van der Waals surface area contributed by atoms with Crippen LogP contribution in [0.3, 0.4) is 0 Å². The van der Waals surface area contributed by atoms with Gasteiger partial charge in [-0.15, -0.1) is 0 Å². The topological polar surface area (TPSA) is 24.5 Å². The van der Waals surface area contributed by atoms with Gasteiger partial charge in [-0.1, -0.05) is 27.7 Å². The van der Waals surface area contributed by atoms with Gasteiger partial charge in [0.2, 0.25) is 0 Å². The molecule has 0 spiro atoms. The van der Waals surface area contributed by atoms with Crippen molar-refractivity contribution in [2.45, 2.75) is 47.0 Å². The highest BCUT2D eigenvalue weighted by atomic mass is 16.5. The molecule has 2 fully saturated rings. The van der Waals surface area contributed by atoms with Gasteiger partial charge in [-0.2, -0.15) is 0 Å². The van der Waals surface area contributed by atoms with Crippen molar-refractivity contribution in [1.82, 2.24) is 10.2 Å². The maximum Gasteiger partial charge on any atom is 0.0546 e. The fourth-order valence-corrected chi connectivity index (χ4v) is 3.78. The molecule has 118 valence electrons. The lowest BCUT2D eigenvalue weighted by Gasteiger charge is -2.40. The van der Waals surface area contributed by atoms with Crippen LogP contribution in [0.5, 0.6) is 0 Å². The molecular formula is C17H34N2O. The van der Waals surface area contributed by atoms with E-state index in [1.165, 1.54) is 38.9 Å². The Morgan fingerprint density at radius 1 is 1.35 bits per heavy atom. The zero-order valence-corrected chi connectivity index (χ0v) is 14.0. The molecule has 0 bridgehead atoms. The first-order valence-corrected chi connectivity index (χ1v) is 8.46. The molecule has 0 radical (unpaired) electrons. The molecule has 0 aromatic heterocycles. The predicted molar refractivity (Wildman–Crippen MR) is 85.0 cm³/mol. The summed E-state index contributed by atoms with van der Waals surface area (Å²) < 4.78 is 5.82. The Kier molecular flexibility index (Phi) is 5.49. The van der Waals surface area contributed by atoms with Crippen molar-refractivity contribution >= 4 is 0 Å². The van der Waals surface area contributed by atoms with Crippen LogP contribution in [-0.4, -0.2) is 50.8 Å². The molecule has 2 atom stereocenters. The van der Waals surface area contributed by atoms with Crippen LogP contribution < -0.4 is 5.32 Å². The molecular weight excluding hydrogens is 248 g/mol. The average molecular weight is 282 g/mol. The van der Waals surface area contributed by atoms with Gasteiger partial charge >= 0.3 is 0 Å². The lowest BCUT2D eigenvalue weighted by Crippen LogP contribution is -2.48. The number of hydrogen-bond acceptors (Lipinski definition) is 3. The summed E-state index contributed by atoms with van der Waals surface area (Å²) in [6.07, 6.45) is 3.90. The molecule has 20 heavy (non-hydrogen) atoms. The van der Waals surface area contributed by atoms with E-state index in [0.717, 1.165) is 32.2 Å². The minimum absolute atomic E-state index is 0.348. The quantitative estimate of drug-likeness (QED) is 0.839. The Balaban J connectivity index is 1.91. The highest BCUT2D eigenvalue weighted by Crippen LogP contribution is 2.36. The van der Waals surface area contributed by atoms with Gasteiger partial charge < -0.3 is 15.0 Å². The van der Waals surface area contributed by atoms with Gasteiger partial charge in [0.25, 0.3) is 0 Å². The fourth-order valence-electron chi connectivity index (χ4n) is 3.78. The molecule has 2 rings (SSSR count). The van der Waals surface area contributed by atoms with Crippen LogP contribution in [0.1, 0.15) is 47.0 Å². The lowest BCUT2D eigenvalue weighted by atomic mass is 9.80. The summed E-state index contributed by atoms with van der Waals surface area (Å²) in [7, 11) is 0. The van der Waals surface area contributed by atoms with Gasteiger partial charge in [0.15, 0.2) is 0 Å². The molecule has 2 unspecified atom stereocenters. The van der Waals surface area contributed by atoms with Crippen molar-refractivity contribution in [2.75, 3.05) is 45.9 Å². The molecule has 0 aromatic rings. The van der Waals surface area contributed by atoms with E-state index in [-0.39, 0.29) is 0 Å². The Hall–Kier alpha value is -0.120. The highest BCUT2D eigenvalue weighted by molar-refractivity contribution is 4.91. The zero-order chi connectivity index (χ0) is 14.6. The third kappa shape index (κ3) is 4.19. The first-order valence-electron chi connectivity index (χ1n) is 8.46. The maximum atomic E-state index is 5.82. The van der Waals surface area contributed by atoms with Crippen LogP contribution in [-0.2, 0) is 4.74 Å². The summed E-state index contributed by atoms with van der Waals surface area (Å²) in [4.78, 5) is 2.70. The smallest absolute Gasteiger partial charge is 0.0546 e. The Labute approximate surface area is 125 Å². The highest BCUT2D eigenvalue weighted by Gasteiger charge is 2.38. The second kappa shape index (κ2) is 6.76. The maximum absolute atomic E-state index is 5.82. The van der Waals surface area contributed by atoms with Gasteiger partial charge in [-0.25, -0.2) is 0 Å². The molecule has 2 heterocycles. The van der Waals surface area contributed by atoms with E-state index in [1.54, 1.807) is 0 Å². The standard InChI is InChI=1S/C17H34N2O/c1-5-18-12-17(8-6-10-20-14-17)13-19-9-7-15(11-19)16(2,3)4/h15,18H,5-14H2,1-4H3. The fraction of sp³-hybridized carbons (Fsp3) is 1.00. The van der Waals surface area contributed by atoms with Gasteiger partial charge in [0, 0.05) is 31.7 Å². The van der Waals surface area contributed by atoms with Gasteiger partial charge in [0.05, 0.1) is 6.61 Å². The van der Waals surface area contributed by atoms with Crippen LogP contribution in [0.4, 0.5) is 0 Å². The largest absolute Gasteiger partial charge is 0.381 e. The normalized spacial score (nSPS) is 32.7.